The van der Waals surface area contributed by atoms with Crippen molar-refractivity contribution in [3.8, 4) is 0 Å². The Morgan fingerprint density at radius 3 is 2.44 bits per heavy atom. The fraction of sp³-hybridized carbons (Fsp3) is 0.571. The summed E-state index contributed by atoms with van der Waals surface area (Å²) in [6.07, 6.45) is 2.19. The minimum absolute atomic E-state index is 0.00460. The van der Waals surface area contributed by atoms with Crippen LogP contribution in [0.3, 0.4) is 0 Å². The molecule has 0 aliphatic heterocycles. The average Bonchev–Trinajstić information content (AvgIpc) is 3.21. The molecule has 1 aromatic rings. The van der Waals surface area contributed by atoms with Crippen LogP contribution in [0.25, 0.3) is 0 Å². The molecule has 0 aromatic heterocycles. The van der Waals surface area contributed by atoms with E-state index >= 15 is 0 Å². The summed E-state index contributed by atoms with van der Waals surface area (Å²) < 4.78 is 12.9. The molecule has 0 saturated heterocycles. The van der Waals surface area contributed by atoms with Gasteiger partial charge < -0.3 is 15.7 Å². The highest BCUT2D eigenvalue weighted by atomic mass is 19.1. The normalized spacial score (nSPS) is 18.4. The van der Waals surface area contributed by atoms with E-state index in [9.17, 15) is 9.50 Å². The van der Waals surface area contributed by atoms with Gasteiger partial charge in [0.2, 0.25) is 0 Å². The highest BCUT2D eigenvalue weighted by Gasteiger charge is 2.42. The number of nitrogens with two attached hydrogens (primary N) is 1. The smallest absolute Gasteiger partial charge is 0.123 e. The summed E-state index contributed by atoms with van der Waals surface area (Å²) in [5, 5.41) is 9.52. The summed E-state index contributed by atoms with van der Waals surface area (Å²) >= 11 is 0. The van der Waals surface area contributed by atoms with Gasteiger partial charge in [-0.2, -0.15) is 0 Å². The van der Waals surface area contributed by atoms with Crippen molar-refractivity contribution in [1.82, 2.24) is 0 Å². The lowest BCUT2D eigenvalue weighted by molar-refractivity contribution is 0.180. The molecular formula is C14H21FN2O. The molecule has 1 unspecified atom stereocenters. The van der Waals surface area contributed by atoms with E-state index < -0.39 is 5.54 Å². The first-order valence-corrected chi connectivity index (χ1v) is 6.49. The third kappa shape index (κ3) is 2.82. The molecule has 3 nitrogen and oxygen atoms in total. The molecule has 100 valence electrons. The van der Waals surface area contributed by atoms with Gasteiger partial charge in [-0.05, 0) is 49.9 Å². The van der Waals surface area contributed by atoms with Gasteiger partial charge in [-0.1, -0.05) is 0 Å². The quantitative estimate of drug-likeness (QED) is 0.811. The van der Waals surface area contributed by atoms with Crippen molar-refractivity contribution in [2.24, 2.45) is 11.7 Å². The number of hydrogen-bond acceptors (Lipinski definition) is 3. The molecule has 4 heteroatoms. The lowest BCUT2D eigenvalue weighted by Gasteiger charge is -2.35. The van der Waals surface area contributed by atoms with Crippen molar-refractivity contribution in [1.29, 1.82) is 0 Å². The standard InChI is InChI=1S/C14H21FN2O/c1-2-17(13-7-5-12(15)6-8-13)9-14(16,10-18)11-3-4-11/h5-8,11,18H,2-4,9-10,16H2,1H3. The molecule has 18 heavy (non-hydrogen) atoms. The van der Waals surface area contributed by atoms with Gasteiger partial charge in [0.25, 0.3) is 0 Å². The number of aliphatic hydroxyl groups excluding tert-OH is 1. The minimum atomic E-state index is -0.537. The zero-order valence-corrected chi connectivity index (χ0v) is 10.8. The summed E-state index contributed by atoms with van der Waals surface area (Å²) in [5.74, 6) is 0.176. The summed E-state index contributed by atoms with van der Waals surface area (Å²) in [6, 6.07) is 6.41. The highest BCUT2D eigenvalue weighted by Crippen LogP contribution is 2.39. The lowest BCUT2D eigenvalue weighted by Crippen LogP contribution is -2.55. The third-order valence-corrected chi connectivity index (χ3v) is 3.74. The van der Waals surface area contributed by atoms with Gasteiger partial charge in [-0.3, -0.25) is 0 Å². The molecule has 1 aliphatic carbocycles. The van der Waals surface area contributed by atoms with Crippen molar-refractivity contribution in [3.63, 3.8) is 0 Å². The van der Waals surface area contributed by atoms with E-state index in [0.29, 0.717) is 12.5 Å². The molecule has 0 heterocycles. The van der Waals surface area contributed by atoms with Crippen LogP contribution >= 0.6 is 0 Å². The number of rotatable bonds is 6. The largest absolute Gasteiger partial charge is 0.394 e. The molecule has 0 radical (unpaired) electrons. The van der Waals surface area contributed by atoms with Gasteiger partial charge in [-0.25, -0.2) is 4.39 Å². The van der Waals surface area contributed by atoms with Crippen LogP contribution in [0.2, 0.25) is 0 Å². The van der Waals surface area contributed by atoms with E-state index in [1.54, 1.807) is 12.1 Å². The van der Waals surface area contributed by atoms with Crippen molar-refractivity contribution in [2.45, 2.75) is 25.3 Å². The third-order valence-electron chi connectivity index (χ3n) is 3.74. The molecule has 0 amide bonds. The first-order valence-electron chi connectivity index (χ1n) is 6.49. The maximum absolute atomic E-state index is 12.9. The number of halogens is 1. The summed E-state index contributed by atoms with van der Waals surface area (Å²) in [4.78, 5) is 2.09. The van der Waals surface area contributed by atoms with E-state index in [-0.39, 0.29) is 12.4 Å². The van der Waals surface area contributed by atoms with Gasteiger partial charge in [0, 0.05) is 18.8 Å². The van der Waals surface area contributed by atoms with Crippen molar-refractivity contribution < 1.29 is 9.50 Å². The van der Waals surface area contributed by atoms with Crippen LogP contribution in [0.15, 0.2) is 24.3 Å². The predicted molar refractivity (Wildman–Crippen MR) is 71.0 cm³/mol. The molecule has 1 saturated carbocycles. The second-order valence-corrected chi connectivity index (χ2v) is 5.16. The predicted octanol–water partition coefficient (Wildman–Crippen LogP) is 1.75. The Morgan fingerprint density at radius 2 is 2.00 bits per heavy atom. The fourth-order valence-corrected chi connectivity index (χ4v) is 2.36. The van der Waals surface area contributed by atoms with E-state index in [0.717, 1.165) is 25.1 Å². The van der Waals surface area contributed by atoms with Crippen LogP contribution < -0.4 is 10.6 Å². The maximum Gasteiger partial charge on any atom is 0.123 e. The Bertz CT molecular complexity index is 391. The summed E-state index contributed by atoms with van der Waals surface area (Å²) in [6.45, 7) is 3.43. The first kappa shape index (κ1) is 13.3. The number of nitrogens with zero attached hydrogens (tertiary/aromatic N) is 1. The Balaban J connectivity index is 2.11. The number of aliphatic hydroxyl groups is 1. The lowest BCUT2D eigenvalue weighted by atomic mass is 9.94. The number of anilines is 1. The maximum atomic E-state index is 12.9. The van der Waals surface area contributed by atoms with Crippen LogP contribution in [0.4, 0.5) is 10.1 Å². The second kappa shape index (κ2) is 5.24. The minimum Gasteiger partial charge on any atom is -0.394 e. The zero-order chi connectivity index (χ0) is 13.2. The molecule has 1 aromatic carbocycles. The van der Waals surface area contributed by atoms with Crippen molar-refractivity contribution in [3.05, 3.63) is 30.1 Å². The van der Waals surface area contributed by atoms with Gasteiger partial charge in [0.1, 0.15) is 5.82 Å². The zero-order valence-electron chi connectivity index (χ0n) is 10.8. The van der Waals surface area contributed by atoms with Gasteiger partial charge in [0.15, 0.2) is 0 Å². The topological polar surface area (TPSA) is 49.5 Å². The second-order valence-electron chi connectivity index (χ2n) is 5.16. The van der Waals surface area contributed by atoms with E-state index in [2.05, 4.69) is 4.90 Å². The Labute approximate surface area is 107 Å². The molecule has 1 aliphatic rings. The number of likely N-dealkylation sites (N-methyl/N-ethyl adjacent to an activating group) is 1. The SMILES string of the molecule is CCN(CC(N)(CO)C1CC1)c1ccc(F)cc1. The summed E-state index contributed by atoms with van der Waals surface area (Å²) in [7, 11) is 0. The van der Waals surface area contributed by atoms with Gasteiger partial charge in [0.05, 0.1) is 12.1 Å². The van der Waals surface area contributed by atoms with Crippen molar-refractivity contribution in [2.75, 3.05) is 24.6 Å². The highest BCUT2D eigenvalue weighted by molar-refractivity contribution is 5.46. The van der Waals surface area contributed by atoms with Crippen molar-refractivity contribution >= 4 is 5.69 Å². The van der Waals surface area contributed by atoms with Crippen LogP contribution in [-0.4, -0.2) is 30.3 Å². The van der Waals surface area contributed by atoms with E-state index in [1.165, 1.54) is 12.1 Å². The Hall–Kier alpha value is -1.13. The Morgan fingerprint density at radius 1 is 1.39 bits per heavy atom. The monoisotopic (exact) mass is 252 g/mol. The van der Waals surface area contributed by atoms with Crippen LogP contribution in [-0.2, 0) is 0 Å². The van der Waals surface area contributed by atoms with E-state index in [1.807, 2.05) is 6.92 Å². The average molecular weight is 252 g/mol. The number of hydrogen-bond donors (Lipinski definition) is 2. The fourth-order valence-electron chi connectivity index (χ4n) is 2.36. The molecule has 0 spiro atoms. The van der Waals surface area contributed by atoms with Crippen LogP contribution in [0, 0.1) is 11.7 Å². The van der Waals surface area contributed by atoms with Gasteiger partial charge >= 0.3 is 0 Å². The van der Waals surface area contributed by atoms with Crippen LogP contribution in [0.1, 0.15) is 19.8 Å². The molecule has 0 bridgehead atoms. The number of benzene rings is 1. The molecule has 1 atom stereocenters. The van der Waals surface area contributed by atoms with Crippen LogP contribution in [0.5, 0.6) is 0 Å². The molecular weight excluding hydrogens is 231 g/mol. The molecule has 3 N–H and O–H groups in total. The first-order chi connectivity index (χ1) is 8.59. The molecule has 1 fully saturated rings. The van der Waals surface area contributed by atoms with Gasteiger partial charge in [-0.15, -0.1) is 0 Å². The Kier molecular flexibility index (Phi) is 3.88. The van der Waals surface area contributed by atoms with E-state index in [4.69, 9.17) is 5.73 Å². The summed E-state index contributed by atoms with van der Waals surface area (Å²) in [5.41, 5.74) is 6.69. The molecule has 2 rings (SSSR count).